The Labute approximate surface area is 355 Å². The second-order valence-electron chi connectivity index (χ2n) is 15.7. The van der Waals surface area contributed by atoms with E-state index < -0.39 is 0 Å². The molecule has 0 fully saturated rings. The van der Waals surface area contributed by atoms with Crippen LogP contribution in [0.15, 0.2) is 205 Å². The number of benzene rings is 8. The zero-order valence-corrected chi connectivity index (χ0v) is 34.6. The molecule has 1 aliphatic rings. The lowest BCUT2D eigenvalue weighted by atomic mass is 9.87. The van der Waals surface area contributed by atoms with Gasteiger partial charge in [0.25, 0.3) is 0 Å². The van der Waals surface area contributed by atoms with E-state index in [2.05, 4.69) is 203 Å². The van der Waals surface area contributed by atoms with E-state index in [0.717, 1.165) is 58.4 Å². The fourth-order valence-corrected chi connectivity index (χ4v) is 8.72. The molecule has 0 aliphatic heterocycles. The van der Waals surface area contributed by atoms with E-state index in [9.17, 15) is 0 Å². The number of aliphatic imine (C=N–C) groups is 2. The van der Waals surface area contributed by atoms with Crippen LogP contribution in [0.3, 0.4) is 0 Å². The first kappa shape index (κ1) is 38.4. The van der Waals surface area contributed by atoms with Gasteiger partial charge in [0.15, 0.2) is 5.84 Å². The van der Waals surface area contributed by atoms with Crippen molar-refractivity contribution < 1.29 is 0 Å². The molecular weight excluding hydrogens is 725 g/mol. The number of hydrogen-bond donors (Lipinski definition) is 0. The smallest absolute Gasteiger partial charge is 0.160 e. The Kier molecular flexibility index (Phi) is 10.9. The van der Waals surface area contributed by atoms with E-state index in [1.54, 1.807) is 0 Å². The molecule has 0 bridgehead atoms. The summed E-state index contributed by atoms with van der Waals surface area (Å²) in [5.41, 5.74) is 22.4. The summed E-state index contributed by atoms with van der Waals surface area (Å²) in [5.74, 6) is 0.629. The molecule has 1 aliphatic carbocycles. The molecule has 9 rings (SSSR count). The van der Waals surface area contributed by atoms with Gasteiger partial charge in [0.05, 0.1) is 5.70 Å². The van der Waals surface area contributed by atoms with Crippen LogP contribution >= 0.6 is 0 Å². The van der Waals surface area contributed by atoms with Crippen LogP contribution in [-0.4, -0.2) is 11.5 Å². The lowest BCUT2D eigenvalue weighted by molar-refractivity contribution is 0.923. The van der Waals surface area contributed by atoms with Crippen molar-refractivity contribution in [3.05, 3.63) is 234 Å². The van der Waals surface area contributed by atoms with Crippen LogP contribution in [0, 0.1) is 6.92 Å². The molecule has 0 amide bonds. The van der Waals surface area contributed by atoms with Gasteiger partial charge in [-0.25, -0.2) is 9.98 Å². The molecule has 0 atom stereocenters. The third-order valence-corrected chi connectivity index (χ3v) is 11.8. The predicted molar refractivity (Wildman–Crippen MR) is 256 cm³/mol. The summed E-state index contributed by atoms with van der Waals surface area (Å²) in [6, 6.07) is 67.2. The van der Waals surface area contributed by atoms with Crippen molar-refractivity contribution in [2.75, 3.05) is 0 Å². The highest BCUT2D eigenvalue weighted by Crippen LogP contribution is 2.45. The van der Waals surface area contributed by atoms with Gasteiger partial charge in [0.2, 0.25) is 0 Å². The highest BCUT2D eigenvalue weighted by Gasteiger charge is 2.24. The summed E-state index contributed by atoms with van der Waals surface area (Å²) in [5, 5.41) is 0. The summed E-state index contributed by atoms with van der Waals surface area (Å²) in [7, 11) is 0. The Balaban J connectivity index is 1.07. The Morgan fingerprint density at radius 3 is 1.82 bits per heavy atom. The van der Waals surface area contributed by atoms with Crippen LogP contribution in [0.4, 0.5) is 0 Å². The quantitative estimate of drug-likeness (QED) is 0.0977. The fraction of sp³-hybridized carbons (Fsp3) is 0.103. The van der Waals surface area contributed by atoms with Crippen molar-refractivity contribution >= 4 is 17.2 Å². The maximum atomic E-state index is 5.30. The van der Waals surface area contributed by atoms with E-state index >= 15 is 0 Å². The molecule has 0 aromatic heterocycles. The second-order valence-corrected chi connectivity index (χ2v) is 15.7. The maximum Gasteiger partial charge on any atom is 0.160 e. The van der Waals surface area contributed by atoms with Crippen molar-refractivity contribution in [3.8, 4) is 55.6 Å². The zero-order valence-electron chi connectivity index (χ0n) is 34.6. The molecule has 0 saturated heterocycles. The van der Waals surface area contributed by atoms with Crippen LogP contribution in [0.2, 0.25) is 0 Å². The zero-order chi connectivity index (χ0) is 41.0. The molecule has 2 nitrogen and oxygen atoms in total. The molecule has 2 heteroatoms. The Hall–Kier alpha value is -7.16. The topological polar surface area (TPSA) is 24.7 Å². The van der Waals surface area contributed by atoms with Gasteiger partial charge in [-0.1, -0.05) is 196 Å². The molecule has 0 spiro atoms. The standard InChI is InChI=1S/C58H48N2/c1-5-17-46-22-12-13-26-54(46)52-27-16-28-53(39(52)2)56-29-15-24-49-38-51-36-47(34-35-55(51)57(49)56)41(4)60-58(50-25-14-23-48(37-50)44-20-10-7-11-21-44)59-40(3)42-30-32-45(33-31-42)43-18-8-6-9-19-43/h6-16,18-37H,3,5,17,38H2,1-2,4H3. The van der Waals surface area contributed by atoms with Crippen LogP contribution in [0.5, 0.6) is 0 Å². The van der Waals surface area contributed by atoms with Gasteiger partial charge in [0.1, 0.15) is 0 Å². The molecule has 0 saturated carbocycles. The summed E-state index contributed by atoms with van der Waals surface area (Å²) < 4.78 is 0. The monoisotopic (exact) mass is 772 g/mol. The average Bonchev–Trinajstić information content (AvgIpc) is 3.68. The number of fused-ring (bicyclic) bond motifs is 3. The summed E-state index contributed by atoms with van der Waals surface area (Å²) in [6.45, 7) is 11.1. The minimum absolute atomic E-state index is 0.629. The van der Waals surface area contributed by atoms with Crippen molar-refractivity contribution in [2.24, 2.45) is 9.98 Å². The van der Waals surface area contributed by atoms with Crippen LogP contribution in [-0.2, 0) is 12.8 Å². The first-order chi connectivity index (χ1) is 29.4. The normalized spacial score (nSPS) is 12.2. The molecule has 290 valence electrons. The molecule has 0 radical (unpaired) electrons. The summed E-state index contributed by atoms with van der Waals surface area (Å²) in [6.07, 6.45) is 3.08. The largest absolute Gasteiger partial charge is 0.233 e. The Bertz CT molecular complexity index is 2910. The van der Waals surface area contributed by atoms with Crippen molar-refractivity contribution in [2.45, 2.75) is 40.0 Å². The number of rotatable bonds is 10. The second kappa shape index (κ2) is 17.0. The number of amidine groups is 1. The van der Waals surface area contributed by atoms with Gasteiger partial charge in [-0.05, 0) is 128 Å². The van der Waals surface area contributed by atoms with E-state index in [1.165, 1.54) is 61.2 Å². The lowest BCUT2D eigenvalue weighted by Crippen LogP contribution is -2.05. The van der Waals surface area contributed by atoms with Gasteiger partial charge in [-0.15, -0.1) is 0 Å². The SMILES string of the molecule is C=C(N=C(N=C(C)c1ccc2c(c1)Cc1cccc(-c3cccc(-c4ccccc4CCC)c3C)c1-2)c1cccc(-c2ccccc2)c1)c1ccc(-c2ccccc2)cc1. The van der Waals surface area contributed by atoms with Crippen molar-refractivity contribution in [3.63, 3.8) is 0 Å². The van der Waals surface area contributed by atoms with Gasteiger partial charge in [-0.2, -0.15) is 0 Å². The van der Waals surface area contributed by atoms with Gasteiger partial charge >= 0.3 is 0 Å². The highest BCUT2D eigenvalue weighted by molar-refractivity contribution is 6.13. The van der Waals surface area contributed by atoms with Crippen LogP contribution in [0.1, 0.15) is 59.2 Å². The van der Waals surface area contributed by atoms with E-state index in [-0.39, 0.29) is 0 Å². The third kappa shape index (κ3) is 7.73. The van der Waals surface area contributed by atoms with Gasteiger partial charge < -0.3 is 0 Å². The molecule has 8 aromatic carbocycles. The minimum atomic E-state index is 0.629. The van der Waals surface area contributed by atoms with E-state index in [0.29, 0.717) is 11.5 Å². The first-order valence-electron chi connectivity index (χ1n) is 21.0. The fourth-order valence-electron chi connectivity index (χ4n) is 8.72. The third-order valence-electron chi connectivity index (χ3n) is 11.8. The van der Waals surface area contributed by atoms with Crippen molar-refractivity contribution in [1.82, 2.24) is 0 Å². The van der Waals surface area contributed by atoms with Gasteiger partial charge in [-0.3, -0.25) is 0 Å². The molecule has 60 heavy (non-hydrogen) atoms. The Morgan fingerprint density at radius 1 is 0.483 bits per heavy atom. The van der Waals surface area contributed by atoms with E-state index in [1.807, 2.05) is 12.1 Å². The number of nitrogens with zero attached hydrogens (tertiary/aromatic N) is 2. The number of hydrogen-bond acceptors (Lipinski definition) is 1. The number of aryl methyl sites for hydroxylation is 1. The molecule has 0 unspecified atom stereocenters. The molecular formula is C58H48N2. The van der Waals surface area contributed by atoms with Crippen LogP contribution in [0.25, 0.3) is 61.3 Å². The lowest BCUT2D eigenvalue weighted by Gasteiger charge is -2.17. The van der Waals surface area contributed by atoms with Crippen molar-refractivity contribution in [1.29, 1.82) is 0 Å². The minimum Gasteiger partial charge on any atom is -0.233 e. The summed E-state index contributed by atoms with van der Waals surface area (Å²) in [4.78, 5) is 10.5. The average molecular weight is 773 g/mol. The molecule has 8 aromatic rings. The Morgan fingerprint density at radius 2 is 1.07 bits per heavy atom. The van der Waals surface area contributed by atoms with Gasteiger partial charge in [0, 0.05) is 11.3 Å². The maximum absolute atomic E-state index is 5.30. The molecule has 0 N–H and O–H groups in total. The van der Waals surface area contributed by atoms with Crippen LogP contribution < -0.4 is 0 Å². The predicted octanol–water partition coefficient (Wildman–Crippen LogP) is 15.1. The highest BCUT2D eigenvalue weighted by atomic mass is 14.9. The van der Waals surface area contributed by atoms with E-state index in [4.69, 9.17) is 9.98 Å². The molecule has 0 heterocycles. The summed E-state index contributed by atoms with van der Waals surface area (Å²) >= 11 is 0. The first-order valence-corrected chi connectivity index (χ1v) is 21.0.